The van der Waals surface area contributed by atoms with Crippen molar-refractivity contribution in [3.05, 3.63) is 77.1 Å². The molecule has 9 heteroatoms. The highest BCUT2D eigenvalue weighted by molar-refractivity contribution is 6.15. The molecule has 0 unspecified atom stereocenters. The molecule has 0 amide bonds. The molecule has 4 heterocycles. The van der Waals surface area contributed by atoms with E-state index in [9.17, 15) is 14.4 Å². The van der Waals surface area contributed by atoms with E-state index in [2.05, 4.69) is 15.1 Å². The number of fused-ring (bicyclic) bond motifs is 7. The smallest absolute Gasteiger partial charge is 0.213 e. The van der Waals surface area contributed by atoms with E-state index >= 15 is 0 Å². The van der Waals surface area contributed by atoms with Crippen molar-refractivity contribution in [2.24, 2.45) is 7.05 Å². The van der Waals surface area contributed by atoms with Gasteiger partial charge >= 0.3 is 0 Å². The van der Waals surface area contributed by atoms with Crippen molar-refractivity contribution in [3.8, 4) is 34.2 Å². The predicted octanol–water partition coefficient (Wildman–Crippen LogP) is 3.82. The van der Waals surface area contributed by atoms with Crippen molar-refractivity contribution in [1.82, 2.24) is 19.7 Å². The van der Waals surface area contributed by atoms with Gasteiger partial charge in [0.15, 0.2) is 17.3 Å². The van der Waals surface area contributed by atoms with Crippen LogP contribution in [0.5, 0.6) is 5.75 Å². The van der Waals surface area contributed by atoms with Gasteiger partial charge in [0, 0.05) is 36.1 Å². The standard InChI is InChI=1S/C24H17FN6O2/c1-12-17-9-14(25)5-6-15(17)21-16(4-3-7-28-21)23(32)22-20(18(10-26)30-31(22)2)13-8-19(33-12)24(27)29-11-13/h3-9,11-12H,1-2H3,(H2,27,29)/t12-/m1/s1. The summed E-state index contributed by atoms with van der Waals surface area (Å²) in [4.78, 5) is 22.5. The second kappa shape index (κ2) is 7.53. The van der Waals surface area contributed by atoms with E-state index < -0.39 is 11.9 Å². The molecular weight excluding hydrogens is 423 g/mol. The molecule has 0 saturated carbocycles. The number of pyridine rings is 2. The molecule has 5 rings (SSSR count). The van der Waals surface area contributed by atoms with Crippen LogP contribution in [0, 0.1) is 17.1 Å². The summed E-state index contributed by atoms with van der Waals surface area (Å²) < 4.78 is 21.7. The molecule has 3 aromatic heterocycles. The number of nitrogens with two attached hydrogens (primary N) is 1. The topological polar surface area (TPSA) is 120 Å². The highest BCUT2D eigenvalue weighted by Crippen LogP contribution is 2.39. The molecule has 0 aliphatic carbocycles. The summed E-state index contributed by atoms with van der Waals surface area (Å²) in [6.07, 6.45) is 2.37. The third kappa shape index (κ3) is 3.20. The first kappa shape index (κ1) is 20.3. The summed E-state index contributed by atoms with van der Waals surface area (Å²) in [5, 5.41) is 13.9. The van der Waals surface area contributed by atoms with Gasteiger partial charge in [0.25, 0.3) is 0 Å². The van der Waals surface area contributed by atoms with Crippen LogP contribution in [0.25, 0.3) is 22.4 Å². The fourth-order valence-corrected chi connectivity index (χ4v) is 4.09. The maximum Gasteiger partial charge on any atom is 0.213 e. The number of carbonyl (C=O) groups is 1. The van der Waals surface area contributed by atoms with Crippen molar-refractivity contribution in [1.29, 1.82) is 5.26 Å². The van der Waals surface area contributed by atoms with Crippen LogP contribution >= 0.6 is 0 Å². The van der Waals surface area contributed by atoms with Crippen molar-refractivity contribution >= 4 is 11.6 Å². The number of aryl methyl sites for hydroxylation is 1. The lowest BCUT2D eigenvalue weighted by Crippen LogP contribution is -2.14. The number of halogens is 1. The number of aromatic nitrogens is 4. The van der Waals surface area contributed by atoms with E-state index in [1.54, 1.807) is 44.4 Å². The van der Waals surface area contributed by atoms with Gasteiger partial charge in [0.05, 0.1) is 16.8 Å². The molecular formula is C24H17FN6O2. The van der Waals surface area contributed by atoms with Crippen molar-refractivity contribution in [3.63, 3.8) is 0 Å². The second-order valence-corrected chi connectivity index (χ2v) is 7.64. The first-order chi connectivity index (χ1) is 15.9. The van der Waals surface area contributed by atoms with Gasteiger partial charge in [-0.2, -0.15) is 10.4 Å². The van der Waals surface area contributed by atoms with Crippen LogP contribution < -0.4 is 10.5 Å². The molecule has 2 N–H and O–H groups in total. The minimum Gasteiger partial charge on any atom is -0.482 e. The number of rotatable bonds is 0. The van der Waals surface area contributed by atoms with Gasteiger partial charge in [-0.25, -0.2) is 9.37 Å². The maximum absolute atomic E-state index is 14.2. The number of ether oxygens (including phenoxy) is 1. The van der Waals surface area contributed by atoms with Gasteiger partial charge in [-0.3, -0.25) is 14.5 Å². The molecule has 1 aromatic carbocycles. The zero-order chi connectivity index (χ0) is 23.3. The number of nitrogen functional groups attached to an aromatic ring is 1. The summed E-state index contributed by atoms with van der Waals surface area (Å²) in [7, 11) is 1.59. The largest absolute Gasteiger partial charge is 0.482 e. The molecule has 33 heavy (non-hydrogen) atoms. The van der Waals surface area contributed by atoms with Crippen LogP contribution in [-0.2, 0) is 7.05 Å². The zero-order valence-corrected chi connectivity index (χ0v) is 17.7. The molecule has 1 atom stereocenters. The fraction of sp³-hybridized carbons (Fsp3) is 0.125. The van der Waals surface area contributed by atoms with Gasteiger partial charge in [0.1, 0.15) is 23.7 Å². The Labute approximate surface area is 188 Å². The summed E-state index contributed by atoms with van der Waals surface area (Å²) >= 11 is 0. The van der Waals surface area contributed by atoms with Crippen molar-refractivity contribution in [2.45, 2.75) is 13.0 Å². The highest BCUT2D eigenvalue weighted by Gasteiger charge is 2.29. The molecule has 2 bridgehead atoms. The molecule has 4 aromatic rings. The Bertz CT molecular complexity index is 1490. The Morgan fingerprint density at radius 1 is 1.21 bits per heavy atom. The minimum atomic E-state index is -0.650. The lowest BCUT2D eigenvalue weighted by Gasteiger charge is -2.21. The third-order valence-corrected chi connectivity index (χ3v) is 5.60. The number of hydrogen-bond acceptors (Lipinski definition) is 7. The number of hydrogen-bond donors (Lipinski definition) is 1. The van der Waals surface area contributed by atoms with Crippen molar-refractivity contribution < 1.29 is 13.9 Å². The molecule has 1 aliphatic heterocycles. The summed E-state index contributed by atoms with van der Waals surface area (Å²) in [5.74, 6) is -0.475. The van der Waals surface area contributed by atoms with Gasteiger partial charge < -0.3 is 10.5 Å². The maximum atomic E-state index is 14.2. The lowest BCUT2D eigenvalue weighted by atomic mass is 9.92. The number of anilines is 1. The van der Waals surface area contributed by atoms with E-state index in [4.69, 9.17) is 10.5 Å². The van der Waals surface area contributed by atoms with Gasteiger partial charge in [-0.05, 0) is 43.3 Å². The quantitative estimate of drug-likeness (QED) is 0.441. The van der Waals surface area contributed by atoms with E-state index in [0.717, 1.165) is 0 Å². The normalized spacial score (nSPS) is 14.6. The van der Waals surface area contributed by atoms with E-state index in [1.807, 2.05) is 6.07 Å². The Morgan fingerprint density at radius 2 is 2.03 bits per heavy atom. The fourth-order valence-electron chi connectivity index (χ4n) is 4.09. The average Bonchev–Trinajstić information content (AvgIpc) is 3.15. The van der Waals surface area contributed by atoms with Crippen LogP contribution in [0.1, 0.15) is 40.3 Å². The average molecular weight is 440 g/mol. The van der Waals surface area contributed by atoms with Crippen LogP contribution in [-0.4, -0.2) is 25.5 Å². The Morgan fingerprint density at radius 3 is 2.82 bits per heavy atom. The number of carbonyl (C=O) groups excluding carboxylic acids is 1. The molecule has 0 fully saturated rings. The lowest BCUT2D eigenvalue weighted by molar-refractivity contribution is 0.103. The molecule has 0 saturated heterocycles. The van der Waals surface area contributed by atoms with Crippen molar-refractivity contribution in [2.75, 3.05) is 5.73 Å². The first-order valence-electron chi connectivity index (χ1n) is 10.1. The summed E-state index contributed by atoms with van der Waals surface area (Å²) in [6, 6.07) is 11.2. The van der Waals surface area contributed by atoms with Crippen LogP contribution in [0.4, 0.5) is 10.2 Å². The SMILES string of the molecule is C[C@H]1Oc2cc(cnc2N)-c2c(C#N)nn(C)c2C(=O)c2cccnc2-c2ccc(F)cc21. The highest BCUT2D eigenvalue weighted by atomic mass is 19.1. The molecule has 0 spiro atoms. The molecule has 162 valence electrons. The van der Waals surface area contributed by atoms with Crippen LogP contribution in [0.2, 0.25) is 0 Å². The van der Waals surface area contributed by atoms with E-state index in [0.29, 0.717) is 27.9 Å². The second-order valence-electron chi connectivity index (χ2n) is 7.64. The number of ketones is 1. The van der Waals surface area contributed by atoms with Crippen LogP contribution in [0.3, 0.4) is 0 Å². The van der Waals surface area contributed by atoms with E-state index in [-0.39, 0.29) is 34.3 Å². The monoisotopic (exact) mass is 440 g/mol. The Hall–Kier alpha value is -4.58. The van der Waals surface area contributed by atoms with E-state index in [1.165, 1.54) is 23.0 Å². The summed E-state index contributed by atoms with van der Waals surface area (Å²) in [5.41, 5.74) is 8.78. The number of nitrogens with zero attached hydrogens (tertiary/aromatic N) is 5. The van der Waals surface area contributed by atoms with Gasteiger partial charge in [0.2, 0.25) is 5.78 Å². The minimum absolute atomic E-state index is 0.0661. The zero-order valence-electron chi connectivity index (χ0n) is 17.7. The third-order valence-electron chi connectivity index (χ3n) is 5.60. The molecule has 8 nitrogen and oxygen atoms in total. The molecule has 1 aliphatic rings. The molecule has 0 radical (unpaired) electrons. The predicted molar refractivity (Wildman–Crippen MR) is 118 cm³/mol. The summed E-state index contributed by atoms with van der Waals surface area (Å²) in [6.45, 7) is 1.75. The number of benzene rings is 1. The Balaban J connectivity index is 1.91. The number of nitriles is 1. The van der Waals surface area contributed by atoms with Gasteiger partial charge in [-0.1, -0.05) is 0 Å². The Kier molecular flexibility index (Phi) is 4.64. The van der Waals surface area contributed by atoms with Gasteiger partial charge in [-0.15, -0.1) is 0 Å². The van der Waals surface area contributed by atoms with Crippen LogP contribution in [0.15, 0.2) is 48.8 Å². The first-order valence-corrected chi connectivity index (χ1v) is 10.1.